The zero-order valence-electron chi connectivity index (χ0n) is 15.5. The molecule has 5 heteroatoms. The molecule has 0 aliphatic carbocycles. The first kappa shape index (κ1) is 18.4. The molecule has 0 aromatic heterocycles. The summed E-state index contributed by atoms with van der Waals surface area (Å²) >= 11 is 0. The lowest BCUT2D eigenvalue weighted by Crippen LogP contribution is -2.44. The molecule has 24 heavy (non-hydrogen) atoms. The lowest BCUT2D eigenvalue weighted by atomic mass is 9.90. The van der Waals surface area contributed by atoms with E-state index in [-0.39, 0.29) is 6.09 Å². The monoisotopic (exact) mass is 334 g/mol. The van der Waals surface area contributed by atoms with Gasteiger partial charge in [0.15, 0.2) is 0 Å². The summed E-state index contributed by atoms with van der Waals surface area (Å²) in [5.74, 6) is 1.39. The minimum absolute atomic E-state index is 0.200. The van der Waals surface area contributed by atoms with E-state index in [0.717, 1.165) is 37.4 Å². The van der Waals surface area contributed by atoms with Gasteiger partial charge in [0.1, 0.15) is 11.4 Å². The van der Waals surface area contributed by atoms with Crippen LogP contribution in [0.1, 0.15) is 40.5 Å². The van der Waals surface area contributed by atoms with Crippen LogP contribution in [-0.4, -0.2) is 42.8 Å². The average molecular weight is 334 g/mol. The molecule has 0 radical (unpaired) electrons. The van der Waals surface area contributed by atoms with Crippen LogP contribution in [0.25, 0.3) is 0 Å². The van der Waals surface area contributed by atoms with E-state index in [4.69, 9.17) is 9.47 Å². The predicted molar refractivity (Wildman–Crippen MR) is 96.6 cm³/mol. The lowest BCUT2D eigenvalue weighted by Gasteiger charge is -2.36. The highest BCUT2D eigenvalue weighted by atomic mass is 16.6. The average Bonchev–Trinajstić information content (AvgIpc) is 2.53. The maximum Gasteiger partial charge on any atom is 0.410 e. The van der Waals surface area contributed by atoms with Gasteiger partial charge in [-0.1, -0.05) is 6.07 Å². The summed E-state index contributed by atoms with van der Waals surface area (Å²) < 4.78 is 10.7. The van der Waals surface area contributed by atoms with Crippen molar-refractivity contribution in [2.24, 2.45) is 5.92 Å². The van der Waals surface area contributed by atoms with E-state index in [1.165, 1.54) is 0 Å². The molecule has 1 aromatic rings. The van der Waals surface area contributed by atoms with E-state index >= 15 is 0 Å². The van der Waals surface area contributed by atoms with Gasteiger partial charge in [0.05, 0.1) is 7.11 Å². The van der Waals surface area contributed by atoms with E-state index < -0.39 is 5.60 Å². The third kappa shape index (κ3) is 5.32. The second-order valence-corrected chi connectivity index (χ2v) is 7.47. The van der Waals surface area contributed by atoms with Crippen LogP contribution in [0.5, 0.6) is 5.75 Å². The van der Waals surface area contributed by atoms with Gasteiger partial charge >= 0.3 is 6.09 Å². The summed E-state index contributed by atoms with van der Waals surface area (Å²) in [5.41, 5.74) is 0.631. The zero-order chi connectivity index (χ0) is 17.7. The predicted octanol–water partition coefficient (Wildman–Crippen LogP) is 4.14. The molecular weight excluding hydrogens is 304 g/mol. The number of amides is 1. The Morgan fingerprint density at radius 2 is 1.96 bits per heavy atom. The fourth-order valence-electron chi connectivity index (χ4n) is 3.00. The van der Waals surface area contributed by atoms with E-state index in [9.17, 15) is 4.79 Å². The van der Waals surface area contributed by atoms with Crippen molar-refractivity contribution in [3.63, 3.8) is 0 Å². The molecule has 1 fully saturated rings. The van der Waals surface area contributed by atoms with Crippen molar-refractivity contribution >= 4 is 11.8 Å². The Hall–Kier alpha value is -1.91. The van der Waals surface area contributed by atoms with Crippen LogP contribution >= 0.6 is 0 Å². The molecule has 1 aromatic carbocycles. The SMILES string of the molecule is COc1cccc(NC(C)C2CCN(C(=O)OC(C)(C)C)CC2)c1. The number of likely N-dealkylation sites (tertiary alicyclic amines) is 1. The van der Waals surface area contributed by atoms with Crippen LogP contribution in [0.2, 0.25) is 0 Å². The van der Waals surface area contributed by atoms with Crippen LogP contribution in [-0.2, 0) is 4.74 Å². The van der Waals surface area contributed by atoms with Crippen LogP contribution in [0.15, 0.2) is 24.3 Å². The van der Waals surface area contributed by atoms with Gasteiger partial charge in [-0.2, -0.15) is 0 Å². The first-order valence-electron chi connectivity index (χ1n) is 8.67. The molecule has 1 aliphatic rings. The molecule has 1 aliphatic heterocycles. The number of carbonyl (C=O) groups is 1. The molecular formula is C19H30N2O3. The van der Waals surface area contributed by atoms with Crippen LogP contribution < -0.4 is 10.1 Å². The summed E-state index contributed by atoms with van der Waals surface area (Å²) in [7, 11) is 1.68. The molecule has 5 nitrogen and oxygen atoms in total. The highest BCUT2D eigenvalue weighted by Gasteiger charge is 2.29. The molecule has 134 valence electrons. The van der Waals surface area contributed by atoms with Crippen molar-refractivity contribution < 1.29 is 14.3 Å². The van der Waals surface area contributed by atoms with Crippen LogP contribution in [0.4, 0.5) is 10.5 Å². The fourth-order valence-corrected chi connectivity index (χ4v) is 3.00. The van der Waals surface area contributed by atoms with Crippen molar-refractivity contribution in [2.45, 2.75) is 52.2 Å². The molecule has 1 heterocycles. The van der Waals surface area contributed by atoms with Gasteiger partial charge in [-0.05, 0) is 58.6 Å². The molecule has 2 rings (SSSR count). The third-order valence-electron chi connectivity index (χ3n) is 4.36. The number of rotatable bonds is 4. The van der Waals surface area contributed by atoms with Crippen molar-refractivity contribution in [1.82, 2.24) is 4.90 Å². The first-order chi connectivity index (χ1) is 11.3. The van der Waals surface area contributed by atoms with Gasteiger partial charge < -0.3 is 19.7 Å². The highest BCUT2D eigenvalue weighted by molar-refractivity contribution is 5.68. The first-order valence-corrected chi connectivity index (χ1v) is 8.67. The van der Waals surface area contributed by atoms with Crippen molar-refractivity contribution in [1.29, 1.82) is 0 Å². The number of methoxy groups -OCH3 is 1. The Kier molecular flexibility index (Phi) is 5.97. The molecule has 1 atom stereocenters. The summed E-state index contributed by atoms with van der Waals surface area (Å²) in [6.07, 6.45) is 1.77. The normalized spacial score (nSPS) is 17.3. The summed E-state index contributed by atoms with van der Waals surface area (Å²) in [4.78, 5) is 13.9. The van der Waals surface area contributed by atoms with E-state index in [0.29, 0.717) is 12.0 Å². The second-order valence-electron chi connectivity index (χ2n) is 7.47. The molecule has 1 amide bonds. The van der Waals surface area contributed by atoms with Crippen molar-refractivity contribution in [2.75, 3.05) is 25.5 Å². The van der Waals surface area contributed by atoms with Gasteiger partial charge in [-0.3, -0.25) is 0 Å². The fraction of sp³-hybridized carbons (Fsp3) is 0.632. The largest absolute Gasteiger partial charge is 0.497 e. The number of nitrogens with one attached hydrogen (secondary N) is 1. The van der Waals surface area contributed by atoms with Gasteiger partial charge in [0.2, 0.25) is 0 Å². The highest BCUT2D eigenvalue weighted by Crippen LogP contribution is 2.25. The molecule has 1 N–H and O–H groups in total. The number of anilines is 1. The Morgan fingerprint density at radius 1 is 1.29 bits per heavy atom. The van der Waals surface area contributed by atoms with Gasteiger partial charge in [-0.15, -0.1) is 0 Å². The Bertz CT molecular complexity index is 546. The quantitative estimate of drug-likeness (QED) is 0.899. The number of benzene rings is 1. The third-order valence-corrected chi connectivity index (χ3v) is 4.36. The minimum Gasteiger partial charge on any atom is -0.497 e. The van der Waals surface area contributed by atoms with E-state index in [2.05, 4.69) is 18.3 Å². The number of hydrogen-bond acceptors (Lipinski definition) is 4. The summed E-state index contributed by atoms with van der Waals surface area (Å²) in [6.45, 7) is 9.41. The van der Waals surface area contributed by atoms with Crippen molar-refractivity contribution in [3.8, 4) is 5.75 Å². The van der Waals surface area contributed by atoms with Gasteiger partial charge in [0, 0.05) is 30.9 Å². The van der Waals surface area contributed by atoms with Crippen molar-refractivity contribution in [3.05, 3.63) is 24.3 Å². The van der Waals surface area contributed by atoms with Gasteiger partial charge in [0.25, 0.3) is 0 Å². The smallest absolute Gasteiger partial charge is 0.410 e. The van der Waals surface area contributed by atoms with E-state index in [1.807, 2.05) is 43.9 Å². The van der Waals surface area contributed by atoms with Gasteiger partial charge in [-0.25, -0.2) is 4.79 Å². The number of carbonyl (C=O) groups excluding carboxylic acids is 1. The maximum atomic E-state index is 12.1. The van der Waals surface area contributed by atoms with E-state index in [1.54, 1.807) is 7.11 Å². The number of hydrogen-bond donors (Lipinski definition) is 1. The molecule has 0 saturated carbocycles. The summed E-state index contributed by atoms with van der Waals surface area (Å²) in [6, 6.07) is 8.33. The second kappa shape index (κ2) is 7.77. The standard InChI is InChI=1S/C19H30N2O3/c1-14(20-16-7-6-8-17(13-16)23-5)15-9-11-21(12-10-15)18(22)24-19(2,3)4/h6-8,13-15,20H,9-12H2,1-5H3. The molecule has 0 spiro atoms. The molecule has 1 saturated heterocycles. The molecule has 0 bridgehead atoms. The zero-order valence-corrected chi connectivity index (χ0v) is 15.5. The Labute approximate surface area is 145 Å². The Morgan fingerprint density at radius 3 is 2.54 bits per heavy atom. The maximum absolute atomic E-state index is 12.1. The van der Waals surface area contributed by atoms with Crippen LogP contribution in [0.3, 0.4) is 0 Å². The molecule has 1 unspecified atom stereocenters. The summed E-state index contributed by atoms with van der Waals surface area (Å²) in [5, 5.41) is 3.55. The van der Waals surface area contributed by atoms with Crippen LogP contribution in [0, 0.1) is 5.92 Å². The number of piperidine rings is 1. The number of ether oxygens (including phenoxy) is 2. The number of nitrogens with zero attached hydrogens (tertiary/aromatic N) is 1. The lowest BCUT2D eigenvalue weighted by molar-refractivity contribution is 0.0179. The Balaban J connectivity index is 1.84. The topological polar surface area (TPSA) is 50.8 Å². The minimum atomic E-state index is -0.435.